The maximum atomic E-state index is 12.6. The van der Waals surface area contributed by atoms with Crippen molar-refractivity contribution < 1.29 is 14.5 Å². The van der Waals surface area contributed by atoms with Crippen molar-refractivity contribution in [3.63, 3.8) is 0 Å². The van der Waals surface area contributed by atoms with Crippen molar-refractivity contribution in [1.82, 2.24) is 4.90 Å². The molecule has 0 spiro atoms. The van der Waals surface area contributed by atoms with Crippen LogP contribution in [0.2, 0.25) is 0 Å². The summed E-state index contributed by atoms with van der Waals surface area (Å²) in [4.78, 5) is 37.9. The topological polar surface area (TPSA) is 105 Å². The fourth-order valence-corrected chi connectivity index (χ4v) is 3.62. The van der Waals surface area contributed by atoms with Gasteiger partial charge in [-0.3, -0.25) is 24.6 Å². The maximum absolute atomic E-state index is 12.6. The Kier molecular flexibility index (Phi) is 6.79. The average molecular weight is 410 g/mol. The van der Waals surface area contributed by atoms with Gasteiger partial charge in [0.2, 0.25) is 11.8 Å². The number of aryl methyl sites for hydroxylation is 2. The number of likely N-dealkylation sites (tertiary alicyclic amines) is 1. The van der Waals surface area contributed by atoms with Crippen LogP contribution in [0.5, 0.6) is 0 Å². The highest BCUT2D eigenvalue weighted by Crippen LogP contribution is 2.28. The van der Waals surface area contributed by atoms with Gasteiger partial charge in [0.15, 0.2) is 0 Å². The minimum atomic E-state index is -0.493. The second-order valence-corrected chi connectivity index (χ2v) is 7.69. The van der Waals surface area contributed by atoms with Gasteiger partial charge < -0.3 is 10.6 Å². The number of hydrogen-bond acceptors (Lipinski definition) is 5. The number of nitro groups is 1. The Morgan fingerprint density at radius 1 is 1.13 bits per heavy atom. The molecule has 0 radical (unpaired) electrons. The zero-order valence-corrected chi connectivity index (χ0v) is 17.2. The number of piperidine rings is 1. The van der Waals surface area contributed by atoms with E-state index in [4.69, 9.17) is 0 Å². The Bertz CT molecular complexity index is 946. The molecule has 2 aromatic carbocycles. The molecule has 0 aliphatic carbocycles. The van der Waals surface area contributed by atoms with E-state index < -0.39 is 4.92 Å². The quantitative estimate of drug-likeness (QED) is 0.560. The molecule has 8 heteroatoms. The summed E-state index contributed by atoms with van der Waals surface area (Å²) in [6.45, 7) is 4.90. The fourth-order valence-electron chi connectivity index (χ4n) is 3.62. The van der Waals surface area contributed by atoms with E-state index in [-0.39, 0.29) is 35.7 Å². The van der Waals surface area contributed by atoms with Crippen LogP contribution in [0.4, 0.5) is 17.1 Å². The number of nitrogens with one attached hydrogen (secondary N) is 2. The molecule has 2 N–H and O–H groups in total. The summed E-state index contributed by atoms with van der Waals surface area (Å²) in [5.74, 6) is -0.593. The first-order valence-corrected chi connectivity index (χ1v) is 9.97. The Hall–Kier alpha value is -3.26. The molecule has 1 aliphatic heterocycles. The smallest absolute Gasteiger partial charge is 0.293 e. The summed E-state index contributed by atoms with van der Waals surface area (Å²) in [7, 11) is 0. The predicted octanol–water partition coefficient (Wildman–Crippen LogP) is 3.50. The van der Waals surface area contributed by atoms with E-state index in [0.29, 0.717) is 13.1 Å². The van der Waals surface area contributed by atoms with Gasteiger partial charge in [-0.25, -0.2) is 0 Å². The third kappa shape index (κ3) is 5.42. The van der Waals surface area contributed by atoms with E-state index in [0.717, 1.165) is 29.7 Å². The minimum absolute atomic E-state index is 0.0592. The molecule has 3 rings (SSSR count). The Balaban J connectivity index is 1.60. The number of nitro benzene ring substituents is 1. The summed E-state index contributed by atoms with van der Waals surface area (Å²) in [6.07, 6.45) is 1.57. The lowest BCUT2D eigenvalue weighted by molar-refractivity contribution is -0.384. The molecule has 0 unspecified atom stereocenters. The second kappa shape index (κ2) is 9.49. The van der Waals surface area contributed by atoms with Crippen molar-refractivity contribution in [2.24, 2.45) is 5.92 Å². The molecular weight excluding hydrogens is 384 g/mol. The van der Waals surface area contributed by atoms with Gasteiger partial charge in [-0.2, -0.15) is 0 Å². The predicted molar refractivity (Wildman–Crippen MR) is 115 cm³/mol. The van der Waals surface area contributed by atoms with Gasteiger partial charge in [0, 0.05) is 18.3 Å². The number of anilines is 2. The van der Waals surface area contributed by atoms with Crippen LogP contribution in [-0.4, -0.2) is 41.3 Å². The van der Waals surface area contributed by atoms with E-state index in [1.165, 1.54) is 6.07 Å². The normalized spacial score (nSPS) is 16.7. The average Bonchev–Trinajstić information content (AvgIpc) is 2.71. The summed E-state index contributed by atoms with van der Waals surface area (Å²) in [6, 6.07) is 12.4. The Labute approximate surface area is 175 Å². The van der Waals surface area contributed by atoms with Gasteiger partial charge in [-0.15, -0.1) is 0 Å². The lowest BCUT2D eigenvalue weighted by Crippen LogP contribution is -2.44. The number of para-hydroxylation sites is 1. The lowest BCUT2D eigenvalue weighted by Gasteiger charge is -2.31. The number of benzene rings is 2. The zero-order valence-electron chi connectivity index (χ0n) is 17.2. The SMILES string of the molecule is Cc1cc(NC(=O)CN2CCC[C@@H](C(=O)Nc3ccccc3)C2)c([N+](=O)[O-])cc1C. The number of carbonyl (C=O) groups is 2. The van der Waals surface area contributed by atoms with Crippen molar-refractivity contribution in [3.05, 3.63) is 63.7 Å². The molecule has 0 aromatic heterocycles. The van der Waals surface area contributed by atoms with E-state index in [1.54, 1.807) is 13.0 Å². The molecule has 1 fully saturated rings. The third-order valence-electron chi connectivity index (χ3n) is 5.37. The van der Waals surface area contributed by atoms with Gasteiger partial charge in [0.1, 0.15) is 5.69 Å². The molecule has 1 heterocycles. The number of hydrogen-bond donors (Lipinski definition) is 2. The largest absolute Gasteiger partial charge is 0.326 e. The van der Waals surface area contributed by atoms with E-state index in [9.17, 15) is 19.7 Å². The molecule has 30 heavy (non-hydrogen) atoms. The lowest BCUT2D eigenvalue weighted by atomic mass is 9.97. The van der Waals surface area contributed by atoms with Crippen LogP contribution in [-0.2, 0) is 9.59 Å². The van der Waals surface area contributed by atoms with Crippen molar-refractivity contribution in [1.29, 1.82) is 0 Å². The first kappa shape index (κ1) is 21.4. The molecule has 2 amide bonds. The maximum Gasteiger partial charge on any atom is 0.293 e. The Morgan fingerprint density at radius 2 is 1.83 bits per heavy atom. The van der Waals surface area contributed by atoms with Crippen LogP contribution < -0.4 is 10.6 Å². The van der Waals surface area contributed by atoms with Crippen LogP contribution in [0.1, 0.15) is 24.0 Å². The number of amides is 2. The molecule has 8 nitrogen and oxygen atoms in total. The standard InChI is InChI=1S/C22H26N4O4/c1-15-11-19(20(26(29)30)12-16(15)2)24-21(27)14-25-10-6-7-17(13-25)22(28)23-18-8-4-3-5-9-18/h3-5,8-9,11-12,17H,6-7,10,13-14H2,1-2H3,(H,23,28)(H,24,27)/t17-/m1/s1. The highest BCUT2D eigenvalue weighted by Gasteiger charge is 2.27. The van der Waals surface area contributed by atoms with Crippen LogP contribution >= 0.6 is 0 Å². The number of carbonyl (C=O) groups excluding carboxylic acids is 2. The Morgan fingerprint density at radius 3 is 2.53 bits per heavy atom. The monoisotopic (exact) mass is 410 g/mol. The van der Waals surface area contributed by atoms with Gasteiger partial charge in [-0.1, -0.05) is 18.2 Å². The first-order chi connectivity index (χ1) is 14.3. The van der Waals surface area contributed by atoms with Crippen LogP contribution in [0.3, 0.4) is 0 Å². The summed E-state index contributed by atoms with van der Waals surface area (Å²) in [5.41, 5.74) is 2.49. The van der Waals surface area contributed by atoms with Crippen LogP contribution in [0, 0.1) is 29.9 Å². The summed E-state index contributed by atoms with van der Waals surface area (Å²) >= 11 is 0. The summed E-state index contributed by atoms with van der Waals surface area (Å²) < 4.78 is 0. The van der Waals surface area contributed by atoms with Crippen LogP contribution in [0.15, 0.2) is 42.5 Å². The van der Waals surface area contributed by atoms with Crippen molar-refractivity contribution in [3.8, 4) is 0 Å². The van der Waals surface area contributed by atoms with Crippen molar-refractivity contribution in [2.45, 2.75) is 26.7 Å². The van der Waals surface area contributed by atoms with Crippen LogP contribution in [0.25, 0.3) is 0 Å². The number of rotatable bonds is 6. The van der Waals surface area contributed by atoms with Gasteiger partial charge in [0.25, 0.3) is 5.69 Å². The van der Waals surface area contributed by atoms with Gasteiger partial charge in [-0.05, 0) is 62.6 Å². The first-order valence-electron chi connectivity index (χ1n) is 9.97. The minimum Gasteiger partial charge on any atom is -0.326 e. The molecule has 0 bridgehead atoms. The van der Waals surface area contributed by atoms with Gasteiger partial charge in [0.05, 0.1) is 17.4 Å². The van der Waals surface area contributed by atoms with Gasteiger partial charge >= 0.3 is 0 Å². The second-order valence-electron chi connectivity index (χ2n) is 7.69. The molecule has 2 aromatic rings. The van der Waals surface area contributed by atoms with E-state index in [1.807, 2.05) is 42.2 Å². The highest BCUT2D eigenvalue weighted by molar-refractivity contribution is 5.95. The number of nitrogens with zero attached hydrogens (tertiary/aromatic N) is 2. The molecule has 1 atom stereocenters. The van der Waals surface area contributed by atoms with E-state index in [2.05, 4.69) is 10.6 Å². The molecule has 1 saturated heterocycles. The van der Waals surface area contributed by atoms with Crippen molar-refractivity contribution in [2.75, 3.05) is 30.3 Å². The van der Waals surface area contributed by atoms with E-state index >= 15 is 0 Å². The highest BCUT2D eigenvalue weighted by atomic mass is 16.6. The third-order valence-corrected chi connectivity index (χ3v) is 5.37. The summed E-state index contributed by atoms with van der Waals surface area (Å²) in [5, 5.41) is 16.9. The zero-order chi connectivity index (χ0) is 21.7. The molecule has 158 valence electrons. The van der Waals surface area contributed by atoms with Crippen molar-refractivity contribution >= 4 is 28.9 Å². The fraction of sp³-hybridized carbons (Fsp3) is 0.364. The molecule has 1 aliphatic rings. The molecule has 0 saturated carbocycles. The molecular formula is C22H26N4O4.